The smallest absolute Gasteiger partial charge is 0.302 e. The van der Waals surface area contributed by atoms with E-state index in [9.17, 15) is 4.79 Å². The molecule has 6 heteroatoms. The van der Waals surface area contributed by atoms with Crippen LogP contribution < -0.4 is 5.32 Å². The summed E-state index contributed by atoms with van der Waals surface area (Å²) in [6.07, 6.45) is 5.02. The highest BCUT2D eigenvalue weighted by atomic mass is 16.5. The molecule has 1 heterocycles. The van der Waals surface area contributed by atoms with Crippen molar-refractivity contribution >= 4 is 11.8 Å². The fraction of sp³-hybridized carbons (Fsp3) is 0.273. The summed E-state index contributed by atoms with van der Waals surface area (Å²) in [5, 5.41) is 11.1. The number of hydrogen-bond acceptors (Lipinski definition) is 5. The molecule has 0 amide bonds. The fourth-order valence-electron chi connectivity index (χ4n) is 1.11. The number of carbonyl (C=O) groups excluding carboxylic acids is 1. The Hall–Kier alpha value is -2.42. The predicted molar refractivity (Wildman–Crippen MR) is 61.0 cm³/mol. The maximum atomic E-state index is 10.5. The van der Waals surface area contributed by atoms with Crippen LogP contribution in [0.2, 0.25) is 0 Å². The third-order valence-corrected chi connectivity index (χ3v) is 1.78. The van der Waals surface area contributed by atoms with Gasteiger partial charge in [0.1, 0.15) is 12.4 Å². The molecule has 0 fully saturated rings. The Morgan fingerprint density at radius 3 is 3.12 bits per heavy atom. The van der Waals surface area contributed by atoms with Crippen LogP contribution in [-0.4, -0.2) is 29.9 Å². The van der Waals surface area contributed by atoms with Gasteiger partial charge in [0.05, 0.1) is 6.54 Å². The number of rotatable bonds is 4. The normalized spacial score (nSPS) is 10.5. The number of aliphatic imine (C=N–C) groups is 1. The number of nitrogens with zero attached hydrogens (tertiary/aromatic N) is 3. The van der Waals surface area contributed by atoms with Crippen LogP contribution in [0, 0.1) is 11.5 Å². The molecule has 0 unspecified atom stereocenters. The Balaban J connectivity index is 2.63. The molecule has 6 nitrogen and oxygen atoms in total. The highest BCUT2D eigenvalue weighted by molar-refractivity contribution is 5.99. The van der Waals surface area contributed by atoms with Crippen LogP contribution in [0.3, 0.4) is 0 Å². The van der Waals surface area contributed by atoms with Crippen LogP contribution in [-0.2, 0) is 9.53 Å². The van der Waals surface area contributed by atoms with E-state index in [1.54, 1.807) is 30.7 Å². The number of ether oxygens (including phenoxy) is 1. The van der Waals surface area contributed by atoms with E-state index in [2.05, 4.69) is 15.3 Å². The predicted octanol–water partition coefficient (Wildman–Crippen LogP) is 0.462. The molecule has 1 rings (SSSR count). The van der Waals surface area contributed by atoms with Gasteiger partial charge in [-0.1, -0.05) is 0 Å². The van der Waals surface area contributed by atoms with Crippen molar-refractivity contribution in [2.75, 3.05) is 13.2 Å². The zero-order valence-corrected chi connectivity index (χ0v) is 9.38. The van der Waals surface area contributed by atoms with E-state index in [0.717, 1.165) is 0 Å². The molecule has 0 aliphatic heterocycles. The Morgan fingerprint density at radius 1 is 1.71 bits per heavy atom. The molecule has 1 aromatic rings. The van der Waals surface area contributed by atoms with Gasteiger partial charge in [0.15, 0.2) is 6.19 Å². The van der Waals surface area contributed by atoms with Crippen molar-refractivity contribution in [2.24, 2.45) is 4.99 Å². The van der Waals surface area contributed by atoms with Crippen LogP contribution >= 0.6 is 0 Å². The topological polar surface area (TPSA) is 87.4 Å². The zero-order chi connectivity index (χ0) is 12.5. The number of pyridine rings is 1. The quantitative estimate of drug-likeness (QED) is 0.203. The second-order valence-electron chi connectivity index (χ2n) is 3.05. The first kappa shape index (κ1) is 12.6. The van der Waals surface area contributed by atoms with Crippen LogP contribution in [0.15, 0.2) is 29.5 Å². The lowest BCUT2D eigenvalue weighted by Crippen LogP contribution is -2.20. The van der Waals surface area contributed by atoms with Gasteiger partial charge >= 0.3 is 5.97 Å². The van der Waals surface area contributed by atoms with Gasteiger partial charge in [-0.05, 0) is 12.1 Å². The van der Waals surface area contributed by atoms with Gasteiger partial charge in [0.25, 0.3) is 0 Å². The van der Waals surface area contributed by atoms with Crippen molar-refractivity contribution in [3.05, 3.63) is 30.1 Å². The van der Waals surface area contributed by atoms with Crippen molar-refractivity contribution < 1.29 is 9.53 Å². The minimum absolute atomic E-state index is 0.187. The maximum Gasteiger partial charge on any atom is 0.302 e. The maximum absolute atomic E-state index is 10.5. The van der Waals surface area contributed by atoms with E-state index in [0.29, 0.717) is 17.9 Å². The number of amidine groups is 1. The average molecular weight is 232 g/mol. The average Bonchev–Trinajstić information content (AvgIpc) is 2.34. The van der Waals surface area contributed by atoms with Gasteiger partial charge in [0, 0.05) is 24.9 Å². The second-order valence-corrected chi connectivity index (χ2v) is 3.05. The van der Waals surface area contributed by atoms with E-state index in [1.165, 1.54) is 6.92 Å². The first-order valence-electron chi connectivity index (χ1n) is 4.97. The van der Waals surface area contributed by atoms with Gasteiger partial charge in [-0.2, -0.15) is 5.26 Å². The number of carbonyl (C=O) groups is 1. The van der Waals surface area contributed by atoms with E-state index in [-0.39, 0.29) is 12.6 Å². The lowest BCUT2D eigenvalue weighted by molar-refractivity contribution is -0.140. The lowest BCUT2D eigenvalue weighted by atomic mass is 10.2. The standard InChI is InChI=1S/C11H12N4O2/c1-9(16)17-6-5-14-11(15-8-12)10-3-2-4-13-7-10/h2-4,7H,5-6H2,1H3,(H,14,15). The summed E-state index contributed by atoms with van der Waals surface area (Å²) in [5.74, 6) is 0.0594. The zero-order valence-electron chi connectivity index (χ0n) is 9.38. The minimum atomic E-state index is -0.351. The van der Waals surface area contributed by atoms with Crippen molar-refractivity contribution in [3.8, 4) is 6.19 Å². The minimum Gasteiger partial charge on any atom is -0.464 e. The number of nitrogens with one attached hydrogen (secondary N) is 1. The van der Waals surface area contributed by atoms with Crippen molar-refractivity contribution in [1.29, 1.82) is 5.26 Å². The molecular formula is C11H12N4O2. The van der Waals surface area contributed by atoms with Crippen LogP contribution in [0.1, 0.15) is 12.5 Å². The van der Waals surface area contributed by atoms with Crippen molar-refractivity contribution in [3.63, 3.8) is 0 Å². The Morgan fingerprint density at radius 2 is 2.53 bits per heavy atom. The largest absolute Gasteiger partial charge is 0.464 e. The molecule has 17 heavy (non-hydrogen) atoms. The molecule has 0 atom stereocenters. The van der Waals surface area contributed by atoms with Crippen LogP contribution in [0.4, 0.5) is 0 Å². The number of esters is 1. The van der Waals surface area contributed by atoms with E-state index < -0.39 is 0 Å². The van der Waals surface area contributed by atoms with E-state index in [1.807, 2.05) is 0 Å². The van der Waals surface area contributed by atoms with Gasteiger partial charge < -0.3 is 4.74 Å². The van der Waals surface area contributed by atoms with Crippen molar-refractivity contribution in [1.82, 2.24) is 10.3 Å². The van der Waals surface area contributed by atoms with Crippen LogP contribution in [0.5, 0.6) is 0 Å². The van der Waals surface area contributed by atoms with Crippen LogP contribution in [0.25, 0.3) is 0 Å². The highest BCUT2D eigenvalue weighted by Gasteiger charge is 2.01. The molecule has 0 saturated heterocycles. The van der Waals surface area contributed by atoms with Crippen molar-refractivity contribution in [2.45, 2.75) is 6.92 Å². The van der Waals surface area contributed by atoms with Gasteiger partial charge in [-0.3, -0.25) is 20.1 Å². The fourth-order valence-corrected chi connectivity index (χ4v) is 1.11. The SMILES string of the molecule is CC(=O)OCCN=C(NC#N)c1cccnc1. The summed E-state index contributed by atoms with van der Waals surface area (Å²) < 4.78 is 4.73. The first-order chi connectivity index (χ1) is 8.24. The molecule has 0 aliphatic rings. The van der Waals surface area contributed by atoms with Gasteiger partial charge in [-0.15, -0.1) is 0 Å². The molecule has 1 N–H and O–H groups in total. The molecule has 0 spiro atoms. The highest BCUT2D eigenvalue weighted by Crippen LogP contribution is 1.96. The summed E-state index contributed by atoms with van der Waals surface area (Å²) in [4.78, 5) is 18.6. The molecule has 0 bridgehead atoms. The van der Waals surface area contributed by atoms with Gasteiger partial charge in [-0.25, -0.2) is 0 Å². The molecular weight excluding hydrogens is 220 g/mol. The van der Waals surface area contributed by atoms with Gasteiger partial charge in [0.2, 0.25) is 0 Å². The number of nitriles is 1. The summed E-state index contributed by atoms with van der Waals surface area (Å²) in [5.41, 5.74) is 0.705. The lowest BCUT2D eigenvalue weighted by Gasteiger charge is -2.03. The Kier molecular flexibility index (Phi) is 5.17. The number of aromatic nitrogens is 1. The first-order valence-corrected chi connectivity index (χ1v) is 4.97. The molecule has 1 aromatic heterocycles. The second kappa shape index (κ2) is 6.95. The third-order valence-electron chi connectivity index (χ3n) is 1.78. The summed E-state index contributed by atoms with van der Waals surface area (Å²) in [6, 6.07) is 3.53. The summed E-state index contributed by atoms with van der Waals surface area (Å²) >= 11 is 0. The Bertz CT molecular complexity index is 437. The monoisotopic (exact) mass is 232 g/mol. The molecule has 88 valence electrons. The summed E-state index contributed by atoms with van der Waals surface area (Å²) in [6.45, 7) is 1.81. The molecule has 0 aliphatic carbocycles. The summed E-state index contributed by atoms with van der Waals surface area (Å²) in [7, 11) is 0. The third kappa shape index (κ3) is 4.75. The number of hydrogen-bond donors (Lipinski definition) is 1. The molecule has 0 aromatic carbocycles. The Labute approximate surface area is 99.0 Å². The molecule has 0 saturated carbocycles. The van der Waals surface area contributed by atoms with E-state index >= 15 is 0 Å². The molecule has 0 radical (unpaired) electrons. The van der Waals surface area contributed by atoms with E-state index in [4.69, 9.17) is 10.00 Å².